The van der Waals surface area contributed by atoms with Crippen molar-refractivity contribution in [3.63, 3.8) is 0 Å². The lowest BCUT2D eigenvalue weighted by molar-refractivity contribution is 0.102. The minimum absolute atomic E-state index is 0.169. The zero-order chi connectivity index (χ0) is 18.8. The minimum atomic E-state index is -0.268. The lowest BCUT2D eigenvalue weighted by Crippen LogP contribution is -2.25. The molecule has 1 fully saturated rings. The van der Waals surface area contributed by atoms with Crippen molar-refractivity contribution in [2.75, 3.05) is 18.4 Å². The van der Waals surface area contributed by atoms with Gasteiger partial charge in [-0.25, -0.2) is 4.98 Å². The zero-order valence-electron chi connectivity index (χ0n) is 15.1. The molecular weight excluding hydrogens is 364 g/mol. The molecule has 7 nitrogen and oxygen atoms in total. The van der Waals surface area contributed by atoms with Gasteiger partial charge in [0.1, 0.15) is 0 Å². The number of hydrogen-bond donors (Lipinski definition) is 2. The van der Waals surface area contributed by atoms with Crippen LogP contribution in [0.4, 0.5) is 5.95 Å². The van der Waals surface area contributed by atoms with Crippen LogP contribution in [-0.4, -0.2) is 38.7 Å². The van der Waals surface area contributed by atoms with Crippen LogP contribution in [0.1, 0.15) is 41.2 Å². The summed E-state index contributed by atoms with van der Waals surface area (Å²) in [7, 11) is 0. The number of benzene rings is 1. The number of halogens is 1. The number of nitrogens with zero attached hydrogens (tertiary/aromatic N) is 4. The van der Waals surface area contributed by atoms with E-state index >= 15 is 0 Å². The fourth-order valence-electron chi connectivity index (χ4n) is 3.51. The smallest absolute Gasteiger partial charge is 0.259 e. The lowest BCUT2D eigenvalue weighted by atomic mass is 10.1. The van der Waals surface area contributed by atoms with Crippen molar-refractivity contribution in [3.8, 4) is 0 Å². The number of anilines is 1. The van der Waals surface area contributed by atoms with E-state index in [1.54, 1.807) is 6.07 Å². The van der Waals surface area contributed by atoms with Crippen LogP contribution in [0.5, 0.6) is 0 Å². The van der Waals surface area contributed by atoms with Gasteiger partial charge in [-0.1, -0.05) is 24.1 Å². The van der Waals surface area contributed by atoms with E-state index in [9.17, 15) is 4.79 Å². The van der Waals surface area contributed by atoms with Crippen LogP contribution in [0.25, 0.3) is 11.0 Å². The molecule has 3 aromatic rings. The van der Waals surface area contributed by atoms with E-state index < -0.39 is 0 Å². The molecule has 1 aliphatic heterocycles. The third-order valence-corrected chi connectivity index (χ3v) is 5.42. The van der Waals surface area contributed by atoms with Gasteiger partial charge >= 0.3 is 0 Å². The Morgan fingerprint density at radius 2 is 2.19 bits per heavy atom. The Labute approximate surface area is 162 Å². The first-order chi connectivity index (χ1) is 13.1. The molecule has 0 aliphatic carbocycles. The molecule has 1 atom stereocenters. The van der Waals surface area contributed by atoms with Gasteiger partial charge in [-0.3, -0.25) is 10.1 Å². The summed E-state index contributed by atoms with van der Waals surface area (Å²) in [6.45, 7) is 3.79. The average Bonchev–Trinajstić information content (AvgIpc) is 2.86. The molecule has 0 radical (unpaired) electrons. The summed E-state index contributed by atoms with van der Waals surface area (Å²) in [5.41, 5.74) is 3.07. The van der Waals surface area contributed by atoms with E-state index in [-0.39, 0.29) is 11.9 Å². The normalized spacial score (nSPS) is 17.6. The van der Waals surface area contributed by atoms with Crippen LogP contribution in [0.3, 0.4) is 0 Å². The molecule has 1 aliphatic rings. The third kappa shape index (κ3) is 3.52. The minimum Gasteiger partial charge on any atom is -0.315 e. The van der Waals surface area contributed by atoms with Crippen LogP contribution >= 0.6 is 11.6 Å². The van der Waals surface area contributed by atoms with Crippen molar-refractivity contribution in [3.05, 3.63) is 46.7 Å². The lowest BCUT2D eigenvalue weighted by Gasteiger charge is -2.21. The van der Waals surface area contributed by atoms with E-state index in [0.29, 0.717) is 16.5 Å². The van der Waals surface area contributed by atoms with E-state index in [2.05, 4.69) is 30.4 Å². The fraction of sp³-hybridized carbons (Fsp3) is 0.368. The maximum absolute atomic E-state index is 12.7. The number of aromatic nitrogens is 4. The second-order valence-electron chi connectivity index (χ2n) is 6.81. The number of fused-ring (bicyclic) bond motifs is 1. The number of rotatable bonds is 3. The molecule has 140 valence electrons. The Hall–Kier alpha value is -2.51. The standard InChI is InChI=1S/C19H21ClN6O/c1-12-5-6-15-17(16(12)20)26(14-4-2-3-8-21-11-14)19(24-15)25-18(27)13-7-9-22-23-10-13/h5-7,9-10,14,21H,2-4,8,11H2,1H3,(H,24,25,27). The molecular formula is C19H21ClN6O. The molecule has 1 amide bonds. The maximum atomic E-state index is 12.7. The van der Waals surface area contributed by atoms with Crippen molar-refractivity contribution < 1.29 is 4.79 Å². The Kier molecular flexibility index (Phi) is 5.05. The zero-order valence-corrected chi connectivity index (χ0v) is 15.8. The first-order valence-corrected chi connectivity index (χ1v) is 9.49. The van der Waals surface area contributed by atoms with E-state index in [0.717, 1.165) is 48.9 Å². The number of hydrogen-bond acceptors (Lipinski definition) is 5. The first-order valence-electron chi connectivity index (χ1n) is 9.11. The number of carbonyl (C=O) groups excluding carboxylic acids is 1. The van der Waals surface area contributed by atoms with E-state index in [4.69, 9.17) is 11.6 Å². The van der Waals surface area contributed by atoms with Crippen molar-refractivity contribution in [2.24, 2.45) is 0 Å². The second-order valence-corrected chi connectivity index (χ2v) is 7.19. The van der Waals surface area contributed by atoms with Crippen molar-refractivity contribution >= 4 is 34.5 Å². The number of aryl methyl sites for hydroxylation is 1. The molecule has 3 heterocycles. The predicted octanol–water partition coefficient (Wildman–Crippen LogP) is 3.36. The van der Waals surface area contributed by atoms with Gasteiger partial charge in [-0.15, -0.1) is 0 Å². The monoisotopic (exact) mass is 384 g/mol. The Morgan fingerprint density at radius 1 is 1.30 bits per heavy atom. The Balaban J connectivity index is 1.80. The highest BCUT2D eigenvalue weighted by Crippen LogP contribution is 2.34. The molecule has 1 saturated heterocycles. The van der Waals surface area contributed by atoms with E-state index in [1.165, 1.54) is 12.4 Å². The highest BCUT2D eigenvalue weighted by molar-refractivity contribution is 6.35. The largest absolute Gasteiger partial charge is 0.315 e. The molecule has 2 N–H and O–H groups in total. The van der Waals surface area contributed by atoms with Crippen LogP contribution < -0.4 is 10.6 Å². The maximum Gasteiger partial charge on any atom is 0.259 e. The van der Waals surface area contributed by atoms with Gasteiger partial charge in [-0.05, 0) is 44.0 Å². The summed E-state index contributed by atoms with van der Waals surface area (Å²) in [6.07, 6.45) is 6.19. The highest BCUT2D eigenvalue weighted by atomic mass is 35.5. The summed E-state index contributed by atoms with van der Waals surface area (Å²) >= 11 is 6.65. The molecule has 1 aromatic carbocycles. The first kappa shape index (κ1) is 17.9. The Morgan fingerprint density at radius 3 is 3.00 bits per heavy atom. The van der Waals surface area contributed by atoms with E-state index in [1.807, 2.05) is 19.1 Å². The molecule has 0 bridgehead atoms. The molecule has 1 unspecified atom stereocenters. The number of imidazole rings is 1. The molecule has 0 saturated carbocycles. The van der Waals surface area contributed by atoms with Gasteiger partial charge < -0.3 is 9.88 Å². The Bertz CT molecular complexity index is 963. The van der Waals surface area contributed by atoms with Gasteiger partial charge in [0.05, 0.1) is 34.0 Å². The molecule has 4 rings (SSSR count). The fourth-order valence-corrected chi connectivity index (χ4v) is 3.76. The predicted molar refractivity (Wildman–Crippen MR) is 105 cm³/mol. The van der Waals surface area contributed by atoms with Crippen molar-refractivity contribution in [2.45, 2.75) is 32.2 Å². The number of carbonyl (C=O) groups is 1. The molecule has 2 aromatic heterocycles. The average molecular weight is 385 g/mol. The van der Waals surface area contributed by atoms with Gasteiger partial charge in [-0.2, -0.15) is 10.2 Å². The van der Waals surface area contributed by atoms with Crippen LogP contribution in [0.15, 0.2) is 30.6 Å². The van der Waals surface area contributed by atoms with Gasteiger partial charge in [0.15, 0.2) is 0 Å². The second kappa shape index (κ2) is 7.62. The van der Waals surface area contributed by atoms with Crippen LogP contribution in [-0.2, 0) is 0 Å². The van der Waals surface area contributed by atoms with Gasteiger partial charge in [0.2, 0.25) is 5.95 Å². The quantitative estimate of drug-likeness (QED) is 0.723. The van der Waals surface area contributed by atoms with Crippen LogP contribution in [0.2, 0.25) is 5.02 Å². The van der Waals surface area contributed by atoms with Crippen molar-refractivity contribution in [1.29, 1.82) is 0 Å². The SMILES string of the molecule is Cc1ccc2nc(NC(=O)c3ccnnc3)n(C3CCCCNC3)c2c1Cl. The number of amides is 1. The number of nitrogens with one attached hydrogen (secondary N) is 2. The van der Waals surface area contributed by atoms with Crippen LogP contribution in [0, 0.1) is 6.92 Å². The summed E-state index contributed by atoms with van der Waals surface area (Å²) in [4.78, 5) is 17.3. The summed E-state index contributed by atoms with van der Waals surface area (Å²) in [6, 6.07) is 5.69. The summed E-state index contributed by atoms with van der Waals surface area (Å²) in [5, 5.41) is 14.6. The highest BCUT2D eigenvalue weighted by Gasteiger charge is 2.24. The van der Waals surface area contributed by atoms with Gasteiger partial charge in [0, 0.05) is 12.6 Å². The summed E-state index contributed by atoms with van der Waals surface area (Å²) in [5.74, 6) is 0.240. The molecule has 27 heavy (non-hydrogen) atoms. The molecule has 8 heteroatoms. The topological polar surface area (TPSA) is 84.7 Å². The van der Waals surface area contributed by atoms with Crippen molar-refractivity contribution in [1.82, 2.24) is 25.1 Å². The molecule has 0 spiro atoms. The third-order valence-electron chi connectivity index (χ3n) is 4.94. The summed E-state index contributed by atoms with van der Waals surface area (Å²) < 4.78 is 2.08. The van der Waals surface area contributed by atoms with Gasteiger partial charge in [0.25, 0.3) is 5.91 Å².